The van der Waals surface area contributed by atoms with Gasteiger partial charge in [0.1, 0.15) is 0 Å². The van der Waals surface area contributed by atoms with E-state index >= 15 is 0 Å². The zero-order chi connectivity index (χ0) is 8.43. The van der Waals surface area contributed by atoms with Crippen LogP contribution < -0.4 is 5.56 Å². The van der Waals surface area contributed by atoms with E-state index in [-0.39, 0.29) is 10.2 Å². The summed E-state index contributed by atoms with van der Waals surface area (Å²) in [6.07, 6.45) is 1.23. The van der Waals surface area contributed by atoms with E-state index in [0.29, 0.717) is 0 Å². The van der Waals surface area contributed by atoms with Crippen molar-refractivity contribution >= 4 is 21.6 Å². The molecule has 6 heteroatoms. The Hall–Kier alpha value is -1.17. The molecule has 58 valence electrons. The first-order valence-electron chi connectivity index (χ1n) is 2.64. The van der Waals surface area contributed by atoms with Crippen LogP contribution in [0.2, 0.25) is 0 Å². The first kappa shape index (κ1) is 7.93. The van der Waals surface area contributed by atoms with Gasteiger partial charge in [0.15, 0.2) is 4.47 Å². The monoisotopic (exact) mass is 218 g/mol. The van der Waals surface area contributed by atoms with E-state index in [2.05, 4.69) is 20.9 Å². The fourth-order valence-electron chi connectivity index (χ4n) is 0.590. The Morgan fingerprint density at radius 1 is 1.64 bits per heavy atom. The van der Waals surface area contributed by atoms with Crippen LogP contribution >= 0.6 is 15.9 Å². The van der Waals surface area contributed by atoms with Gasteiger partial charge in [0, 0.05) is 12.3 Å². The van der Waals surface area contributed by atoms with Crippen molar-refractivity contribution in [2.75, 3.05) is 0 Å². The first-order chi connectivity index (χ1) is 5.13. The summed E-state index contributed by atoms with van der Waals surface area (Å²) in [6, 6.07) is 1.21. The fraction of sp³-hybridized carbons (Fsp3) is 0. The van der Waals surface area contributed by atoms with Crippen LogP contribution in [0, 0.1) is 10.1 Å². The molecule has 0 spiro atoms. The minimum Gasteiger partial charge on any atom is -0.328 e. The molecule has 1 N–H and O–H groups in total. The van der Waals surface area contributed by atoms with Gasteiger partial charge >= 0.3 is 0 Å². The van der Waals surface area contributed by atoms with Crippen molar-refractivity contribution in [3.8, 4) is 0 Å². The summed E-state index contributed by atoms with van der Waals surface area (Å²) in [5.41, 5.74) is -0.729. The highest BCUT2D eigenvalue weighted by Gasteiger charge is 2.12. The molecule has 0 unspecified atom stereocenters. The third-order valence-corrected chi connectivity index (χ3v) is 1.84. The van der Waals surface area contributed by atoms with Crippen LogP contribution in [0.4, 0.5) is 5.69 Å². The van der Waals surface area contributed by atoms with Crippen LogP contribution in [0.5, 0.6) is 0 Å². The Bertz CT molecular complexity index is 346. The fourth-order valence-corrected chi connectivity index (χ4v) is 0.982. The van der Waals surface area contributed by atoms with Gasteiger partial charge in [0.05, 0.1) is 4.92 Å². The molecular weight excluding hydrogens is 216 g/mol. The zero-order valence-electron chi connectivity index (χ0n) is 5.20. The lowest BCUT2D eigenvalue weighted by Gasteiger charge is -1.90. The van der Waals surface area contributed by atoms with Crippen molar-refractivity contribution in [3.63, 3.8) is 0 Å². The second kappa shape index (κ2) is 2.83. The topological polar surface area (TPSA) is 76.0 Å². The molecule has 5 nitrogen and oxygen atoms in total. The number of halogens is 1. The van der Waals surface area contributed by atoms with E-state index in [4.69, 9.17) is 0 Å². The van der Waals surface area contributed by atoms with Crippen LogP contribution in [0.3, 0.4) is 0 Å². The Labute approximate surface area is 69.3 Å². The first-order valence-corrected chi connectivity index (χ1v) is 3.44. The summed E-state index contributed by atoms with van der Waals surface area (Å²) in [5.74, 6) is 0. The molecule has 1 aromatic heterocycles. The van der Waals surface area contributed by atoms with E-state index in [1.54, 1.807) is 0 Å². The molecule has 11 heavy (non-hydrogen) atoms. The third-order valence-electron chi connectivity index (χ3n) is 1.08. The quantitative estimate of drug-likeness (QED) is 0.566. The standard InChI is InChI=1S/C5H3BrN2O3/c6-4-3(8(10)11)1-2-7-5(4)9/h1-2H,(H,7,9). The molecule has 1 aromatic rings. The predicted octanol–water partition coefficient (Wildman–Crippen LogP) is 1.05. The van der Waals surface area contributed by atoms with Crippen LogP contribution in [-0.2, 0) is 0 Å². The molecule has 0 aliphatic carbocycles. The molecule has 0 atom stereocenters. The molecule has 0 saturated carbocycles. The second-order valence-corrected chi connectivity index (χ2v) is 2.56. The van der Waals surface area contributed by atoms with Crippen molar-refractivity contribution in [1.29, 1.82) is 0 Å². The average molecular weight is 219 g/mol. The Kier molecular flexibility index (Phi) is 2.04. The molecule has 0 amide bonds. The summed E-state index contributed by atoms with van der Waals surface area (Å²) >= 11 is 2.80. The SMILES string of the molecule is O=c1[nH]ccc([N+](=O)[O-])c1Br. The number of aromatic nitrogens is 1. The summed E-state index contributed by atoms with van der Waals surface area (Å²) in [7, 11) is 0. The number of nitro groups is 1. The van der Waals surface area contributed by atoms with Crippen molar-refractivity contribution in [3.05, 3.63) is 37.2 Å². The minimum absolute atomic E-state index is 0.0509. The van der Waals surface area contributed by atoms with E-state index in [1.807, 2.05) is 0 Å². The van der Waals surface area contributed by atoms with Crippen molar-refractivity contribution in [2.24, 2.45) is 0 Å². The Balaban J connectivity index is 3.39. The normalized spacial score (nSPS) is 9.55. The molecule has 1 heterocycles. The van der Waals surface area contributed by atoms with Crippen LogP contribution in [0.25, 0.3) is 0 Å². The van der Waals surface area contributed by atoms with Gasteiger partial charge in [-0.15, -0.1) is 0 Å². The van der Waals surface area contributed by atoms with Gasteiger partial charge in [0.2, 0.25) is 0 Å². The van der Waals surface area contributed by atoms with Crippen LogP contribution in [0.15, 0.2) is 21.5 Å². The lowest BCUT2D eigenvalue weighted by atomic mass is 10.4. The molecule has 0 aliphatic heterocycles. The van der Waals surface area contributed by atoms with Gasteiger partial charge < -0.3 is 4.98 Å². The van der Waals surface area contributed by atoms with E-state index in [1.165, 1.54) is 12.3 Å². The number of aromatic amines is 1. The number of pyridine rings is 1. The van der Waals surface area contributed by atoms with Gasteiger partial charge in [-0.1, -0.05) is 0 Å². The second-order valence-electron chi connectivity index (χ2n) is 1.76. The van der Waals surface area contributed by atoms with Crippen LogP contribution in [0.1, 0.15) is 0 Å². The number of hydrogen-bond donors (Lipinski definition) is 1. The third kappa shape index (κ3) is 1.45. The smallest absolute Gasteiger partial charge is 0.290 e. The van der Waals surface area contributed by atoms with E-state index in [0.717, 1.165) is 0 Å². The molecular formula is C5H3BrN2O3. The molecule has 0 bridgehead atoms. The Morgan fingerprint density at radius 2 is 2.27 bits per heavy atom. The number of nitrogens with zero attached hydrogens (tertiary/aromatic N) is 1. The summed E-state index contributed by atoms with van der Waals surface area (Å²) in [6.45, 7) is 0. The minimum atomic E-state index is -0.626. The van der Waals surface area contributed by atoms with Crippen LogP contribution in [-0.4, -0.2) is 9.91 Å². The molecule has 0 aromatic carbocycles. The molecule has 1 rings (SSSR count). The summed E-state index contributed by atoms with van der Waals surface area (Å²) in [4.78, 5) is 22.6. The van der Waals surface area contributed by atoms with Gasteiger partial charge in [-0.25, -0.2) is 0 Å². The maximum absolute atomic E-state index is 10.7. The van der Waals surface area contributed by atoms with Crippen molar-refractivity contribution < 1.29 is 4.92 Å². The lowest BCUT2D eigenvalue weighted by Crippen LogP contribution is -2.07. The number of hydrogen-bond acceptors (Lipinski definition) is 3. The van der Waals surface area contributed by atoms with Crippen molar-refractivity contribution in [1.82, 2.24) is 4.98 Å². The highest BCUT2D eigenvalue weighted by atomic mass is 79.9. The van der Waals surface area contributed by atoms with Gasteiger partial charge in [-0.05, 0) is 15.9 Å². The molecule has 0 radical (unpaired) electrons. The molecule has 0 fully saturated rings. The molecule has 0 saturated heterocycles. The van der Waals surface area contributed by atoms with Gasteiger partial charge in [-0.2, -0.15) is 0 Å². The van der Waals surface area contributed by atoms with E-state index in [9.17, 15) is 14.9 Å². The van der Waals surface area contributed by atoms with E-state index < -0.39 is 10.5 Å². The highest BCUT2D eigenvalue weighted by molar-refractivity contribution is 9.10. The Morgan fingerprint density at radius 3 is 2.73 bits per heavy atom. The maximum atomic E-state index is 10.7. The average Bonchev–Trinajstić information content (AvgIpc) is 1.94. The predicted molar refractivity (Wildman–Crippen MR) is 41.4 cm³/mol. The number of H-pyrrole nitrogens is 1. The molecule has 0 aliphatic rings. The lowest BCUT2D eigenvalue weighted by molar-refractivity contribution is -0.385. The zero-order valence-corrected chi connectivity index (χ0v) is 6.79. The maximum Gasteiger partial charge on any atom is 0.290 e. The highest BCUT2D eigenvalue weighted by Crippen LogP contribution is 2.18. The number of rotatable bonds is 1. The van der Waals surface area contributed by atoms with Crippen molar-refractivity contribution in [2.45, 2.75) is 0 Å². The van der Waals surface area contributed by atoms with Gasteiger partial charge in [-0.3, -0.25) is 14.9 Å². The van der Waals surface area contributed by atoms with Gasteiger partial charge in [0.25, 0.3) is 11.2 Å². The number of nitrogens with one attached hydrogen (secondary N) is 1. The largest absolute Gasteiger partial charge is 0.328 e. The summed E-state index contributed by atoms with van der Waals surface area (Å²) in [5, 5.41) is 10.2. The summed E-state index contributed by atoms with van der Waals surface area (Å²) < 4.78 is -0.0509.